The number of nitrogens with one attached hydrogen (secondary N) is 1. The van der Waals surface area contributed by atoms with Crippen LogP contribution in [0.25, 0.3) is 0 Å². The fourth-order valence-electron chi connectivity index (χ4n) is 2.66. The first-order chi connectivity index (χ1) is 11.2. The minimum absolute atomic E-state index is 0.0138. The van der Waals surface area contributed by atoms with Crippen molar-refractivity contribution in [2.75, 3.05) is 26.7 Å². The van der Waals surface area contributed by atoms with Crippen molar-refractivity contribution in [1.29, 1.82) is 0 Å². The van der Waals surface area contributed by atoms with Crippen LogP contribution in [-0.4, -0.2) is 37.6 Å². The molecule has 4 nitrogen and oxygen atoms in total. The van der Waals surface area contributed by atoms with Crippen molar-refractivity contribution in [3.05, 3.63) is 52.2 Å². The summed E-state index contributed by atoms with van der Waals surface area (Å²) in [7, 11) is 1.67. The van der Waals surface area contributed by atoms with E-state index in [1.165, 1.54) is 11.3 Å². The van der Waals surface area contributed by atoms with Gasteiger partial charge in [0, 0.05) is 6.54 Å². The SMILES string of the molecule is CCN(CC)[C@H](CNC(=O)c1cccs1)c1cccc(OC)c1. The minimum atomic E-state index is -0.0138. The van der Waals surface area contributed by atoms with E-state index in [1.807, 2.05) is 35.7 Å². The molecule has 0 fully saturated rings. The lowest BCUT2D eigenvalue weighted by Crippen LogP contribution is -2.37. The molecule has 1 N–H and O–H groups in total. The molecule has 1 aromatic heterocycles. The molecule has 2 aromatic rings. The molecule has 0 saturated heterocycles. The number of ether oxygens (including phenoxy) is 1. The lowest BCUT2D eigenvalue weighted by molar-refractivity contribution is 0.0939. The van der Waals surface area contributed by atoms with Crippen LogP contribution in [0.15, 0.2) is 41.8 Å². The maximum absolute atomic E-state index is 12.2. The lowest BCUT2D eigenvalue weighted by atomic mass is 10.0. The number of hydrogen-bond acceptors (Lipinski definition) is 4. The van der Waals surface area contributed by atoms with Crippen LogP contribution in [0, 0.1) is 0 Å². The molecule has 0 bridgehead atoms. The summed E-state index contributed by atoms with van der Waals surface area (Å²) in [5.74, 6) is 0.823. The fourth-order valence-corrected chi connectivity index (χ4v) is 3.30. The summed E-state index contributed by atoms with van der Waals surface area (Å²) in [4.78, 5) is 15.3. The Balaban J connectivity index is 2.15. The number of thiophene rings is 1. The van der Waals surface area contributed by atoms with E-state index < -0.39 is 0 Å². The quantitative estimate of drug-likeness (QED) is 0.803. The smallest absolute Gasteiger partial charge is 0.261 e. The van der Waals surface area contributed by atoms with Gasteiger partial charge in [-0.3, -0.25) is 9.69 Å². The molecular formula is C18H24N2O2S. The second-order valence-corrected chi connectivity index (χ2v) is 6.15. The summed E-state index contributed by atoms with van der Waals surface area (Å²) >= 11 is 1.46. The first-order valence-electron chi connectivity index (χ1n) is 7.89. The largest absolute Gasteiger partial charge is 0.497 e. The third kappa shape index (κ3) is 4.56. The first kappa shape index (κ1) is 17.5. The van der Waals surface area contributed by atoms with Crippen molar-refractivity contribution in [2.24, 2.45) is 0 Å². The highest BCUT2D eigenvalue weighted by molar-refractivity contribution is 7.12. The number of methoxy groups -OCH3 is 1. The van der Waals surface area contributed by atoms with Gasteiger partial charge in [-0.05, 0) is 42.2 Å². The summed E-state index contributed by atoms with van der Waals surface area (Å²) in [5, 5.41) is 4.97. The number of carbonyl (C=O) groups is 1. The van der Waals surface area contributed by atoms with Crippen LogP contribution in [0.1, 0.15) is 35.1 Å². The van der Waals surface area contributed by atoms with Gasteiger partial charge in [0.1, 0.15) is 5.75 Å². The molecule has 1 amide bonds. The van der Waals surface area contributed by atoms with E-state index in [0.717, 1.165) is 29.3 Å². The molecule has 124 valence electrons. The van der Waals surface area contributed by atoms with Gasteiger partial charge in [0.25, 0.3) is 5.91 Å². The first-order valence-corrected chi connectivity index (χ1v) is 8.77. The van der Waals surface area contributed by atoms with Gasteiger partial charge in [-0.2, -0.15) is 0 Å². The summed E-state index contributed by atoms with van der Waals surface area (Å²) in [6.45, 7) is 6.70. The Bertz CT molecular complexity index is 609. The van der Waals surface area contributed by atoms with Crippen LogP contribution in [0.2, 0.25) is 0 Å². The molecule has 1 aromatic carbocycles. The summed E-state index contributed by atoms with van der Waals surface area (Å²) in [6, 6.07) is 11.9. The van der Waals surface area contributed by atoms with Gasteiger partial charge in [0.05, 0.1) is 18.0 Å². The summed E-state index contributed by atoms with van der Waals surface area (Å²) < 4.78 is 5.33. The van der Waals surface area contributed by atoms with Crippen LogP contribution >= 0.6 is 11.3 Å². The Morgan fingerprint density at radius 1 is 1.26 bits per heavy atom. The zero-order chi connectivity index (χ0) is 16.7. The highest BCUT2D eigenvalue weighted by atomic mass is 32.1. The third-order valence-corrected chi connectivity index (χ3v) is 4.80. The van der Waals surface area contributed by atoms with Crippen molar-refractivity contribution >= 4 is 17.2 Å². The van der Waals surface area contributed by atoms with E-state index in [2.05, 4.69) is 30.1 Å². The van der Waals surface area contributed by atoms with E-state index in [9.17, 15) is 4.79 Å². The lowest BCUT2D eigenvalue weighted by Gasteiger charge is -2.30. The number of likely N-dealkylation sites (N-methyl/N-ethyl adjacent to an activating group) is 1. The van der Waals surface area contributed by atoms with E-state index in [-0.39, 0.29) is 11.9 Å². The van der Waals surface area contributed by atoms with E-state index in [0.29, 0.717) is 6.54 Å². The van der Waals surface area contributed by atoms with Gasteiger partial charge in [-0.1, -0.05) is 32.0 Å². The topological polar surface area (TPSA) is 41.6 Å². The monoisotopic (exact) mass is 332 g/mol. The zero-order valence-electron chi connectivity index (χ0n) is 13.9. The summed E-state index contributed by atoms with van der Waals surface area (Å²) in [5.41, 5.74) is 1.15. The predicted molar refractivity (Wildman–Crippen MR) is 95.3 cm³/mol. The number of amides is 1. The van der Waals surface area contributed by atoms with Gasteiger partial charge < -0.3 is 10.1 Å². The standard InChI is InChI=1S/C18H24N2O2S/c1-4-20(5-2)16(14-8-6-9-15(12-14)22-3)13-19-18(21)17-10-7-11-23-17/h6-12,16H,4-5,13H2,1-3H3,(H,19,21)/t16-/m1/s1. The van der Waals surface area contributed by atoms with Crippen molar-refractivity contribution in [3.63, 3.8) is 0 Å². The average molecular weight is 332 g/mol. The van der Waals surface area contributed by atoms with E-state index in [1.54, 1.807) is 7.11 Å². The average Bonchev–Trinajstić information content (AvgIpc) is 3.13. The Labute approximate surface area is 142 Å². The van der Waals surface area contributed by atoms with Gasteiger partial charge in [-0.25, -0.2) is 0 Å². The van der Waals surface area contributed by atoms with Gasteiger partial charge in [0.15, 0.2) is 0 Å². The van der Waals surface area contributed by atoms with Crippen molar-refractivity contribution < 1.29 is 9.53 Å². The number of carbonyl (C=O) groups excluding carboxylic acids is 1. The van der Waals surface area contributed by atoms with Crippen molar-refractivity contribution in [2.45, 2.75) is 19.9 Å². The van der Waals surface area contributed by atoms with Crippen LogP contribution in [-0.2, 0) is 0 Å². The highest BCUT2D eigenvalue weighted by Gasteiger charge is 2.20. The van der Waals surface area contributed by atoms with Crippen LogP contribution < -0.4 is 10.1 Å². The minimum Gasteiger partial charge on any atom is -0.497 e. The number of nitrogens with zero attached hydrogens (tertiary/aromatic N) is 1. The van der Waals surface area contributed by atoms with Crippen LogP contribution in [0.4, 0.5) is 0 Å². The predicted octanol–water partition coefficient (Wildman–Crippen LogP) is 3.57. The normalized spacial score (nSPS) is 12.2. The molecule has 0 radical (unpaired) electrons. The maximum atomic E-state index is 12.2. The van der Waals surface area contributed by atoms with Crippen LogP contribution in [0.5, 0.6) is 5.75 Å². The van der Waals surface area contributed by atoms with Crippen molar-refractivity contribution in [3.8, 4) is 5.75 Å². The number of benzene rings is 1. The molecule has 0 spiro atoms. The Kier molecular flexibility index (Phi) is 6.62. The Morgan fingerprint density at radius 2 is 2.04 bits per heavy atom. The maximum Gasteiger partial charge on any atom is 0.261 e. The Morgan fingerprint density at radius 3 is 2.65 bits per heavy atom. The Hall–Kier alpha value is -1.85. The molecule has 0 aliphatic rings. The molecule has 2 rings (SSSR count). The number of rotatable bonds is 8. The van der Waals surface area contributed by atoms with Gasteiger partial charge >= 0.3 is 0 Å². The fraction of sp³-hybridized carbons (Fsp3) is 0.389. The van der Waals surface area contributed by atoms with Gasteiger partial charge in [-0.15, -0.1) is 11.3 Å². The van der Waals surface area contributed by atoms with Crippen LogP contribution in [0.3, 0.4) is 0 Å². The number of hydrogen-bond donors (Lipinski definition) is 1. The highest BCUT2D eigenvalue weighted by Crippen LogP contribution is 2.24. The molecular weight excluding hydrogens is 308 g/mol. The molecule has 0 aliphatic carbocycles. The second-order valence-electron chi connectivity index (χ2n) is 5.20. The zero-order valence-corrected chi connectivity index (χ0v) is 14.7. The van der Waals surface area contributed by atoms with E-state index in [4.69, 9.17) is 4.74 Å². The molecule has 5 heteroatoms. The second kappa shape index (κ2) is 8.70. The molecule has 1 atom stereocenters. The molecule has 0 unspecified atom stereocenters. The molecule has 1 heterocycles. The van der Waals surface area contributed by atoms with Crippen molar-refractivity contribution in [1.82, 2.24) is 10.2 Å². The molecule has 0 saturated carbocycles. The molecule has 23 heavy (non-hydrogen) atoms. The summed E-state index contributed by atoms with van der Waals surface area (Å²) in [6.07, 6.45) is 0. The van der Waals surface area contributed by atoms with E-state index >= 15 is 0 Å². The molecule has 0 aliphatic heterocycles. The third-order valence-electron chi connectivity index (χ3n) is 3.93. The van der Waals surface area contributed by atoms with Gasteiger partial charge in [0.2, 0.25) is 0 Å².